The molecule has 4 nitrogen and oxygen atoms in total. The van der Waals surface area contributed by atoms with Gasteiger partial charge in [-0.2, -0.15) is 0 Å². The van der Waals surface area contributed by atoms with E-state index >= 15 is 0 Å². The molecule has 0 heterocycles. The molecule has 0 aliphatic carbocycles. The maximum atomic E-state index is 9.76. The molecule has 4 heteroatoms. The van der Waals surface area contributed by atoms with Crippen LogP contribution >= 0.6 is 0 Å². The molecule has 3 N–H and O–H groups in total. The van der Waals surface area contributed by atoms with Gasteiger partial charge in [-0.1, -0.05) is 57.0 Å². The second-order valence-corrected chi connectivity index (χ2v) is 5.47. The fourth-order valence-electron chi connectivity index (χ4n) is 2.43. The van der Waals surface area contributed by atoms with Gasteiger partial charge in [-0.05, 0) is 25.0 Å². The van der Waals surface area contributed by atoms with E-state index in [1.165, 1.54) is 50.7 Å². The van der Waals surface area contributed by atoms with Crippen LogP contribution in [0.25, 0.3) is 0 Å². The lowest BCUT2D eigenvalue weighted by Crippen LogP contribution is -2.01. The van der Waals surface area contributed by atoms with Crippen molar-refractivity contribution in [2.24, 2.45) is 5.16 Å². The van der Waals surface area contributed by atoms with Crippen molar-refractivity contribution in [1.82, 2.24) is 0 Å². The molecule has 1 aromatic rings. The van der Waals surface area contributed by atoms with Crippen molar-refractivity contribution in [2.75, 3.05) is 0 Å². The molecule has 0 spiro atoms. The molecular formula is C17H27NO3. The van der Waals surface area contributed by atoms with Gasteiger partial charge in [0.1, 0.15) is 11.5 Å². The van der Waals surface area contributed by atoms with E-state index < -0.39 is 0 Å². The van der Waals surface area contributed by atoms with E-state index in [2.05, 4.69) is 12.1 Å². The van der Waals surface area contributed by atoms with Gasteiger partial charge in [0.2, 0.25) is 0 Å². The van der Waals surface area contributed by atoms with Crippen molar-refractivity contribution in [3.63, 3.8) is 0 Å². The molecular weight excluding hydrogens is 266 g/mol. The maximum Gasteiger partial charge on any atom is 0.128 e. The summed E-state index contributed by atoms with van der Waals surface area (Å²) in [4.78, 5) is 0. The number of hydrogen-bond donors (Lipinski definition) is 3. The van der Waals surface area contributed by atoms with Crippen molar-refractivity contribution in [2.45, 2.75) is 64.7 Å². The quantitative estimate of drug-likeness (QED) is 0.251. The Morgan fingerprint density at radius 2 is 1.57 bits per heavy atom. The van der Waals surface area contributed by atoms with Crippen LogP contribution < -0.4 is 0 Å². The topological polar surface area (TPSA) is 73.1 Å². The SMILES string of the molecule is CCCCCCCCCC/C(=N/O)c1ccc(O)cc1O. The maximum absolute atomic E-state index is 9.76. The molecule has 1 aromatic carbocycles. The highest BCUT2D eigenvalue weighted by atomic mass is 16.4. The van der Waals surface area contributed by atoms with Gasteiger partial charge in [0.25, 0.3) is 0 Å². The zero-order chi connectivity index (χ0) is 15.5. The van der Waals surface area contributed by atoms with E-state index in [0.29, 0.717) is 17.7 Å². The van der Waals surface area contributed by atoms with Crippen LogP contribution in [0.3, 0.4) is 0 Å². The van der Waals surface area contributed by atoms with Gasteiger partial charge in [-0.25, -0.2) is 0 Å². The summed E-state index contributed by atoms with van der Waals surface area (Å²) in [5, 5.41) is 31.4. The standard InChI is InChI=1S/C17H27NO3/c1-2-3-4-5-6-7-8-9-10-16(18-21)15-12-11-14(19)13-17(15)20/h11-13,19-21H,2-10H2,1H3/b18-16-. The number of phenols is 2. The first-order valence-electron chi connectivity index (χ1n) is 7.92. The molecule has 0 aliphatic rings. The fraction of sp³-hybridized carbons (Fsp3) is 0.588. The average Bonchev–Trinajstić information content (AvgIpc) is 2.47. The van der Waals surface area contributed by atoms with E-state index in [1.54, 1.807) is 6.07 Å². The number of oxime groups is 1. The van der Waals surface area contributed by atoms with E-state index in [1.807, 2.05) is 0 Å². The third-order valence-corrected chi connectivity index (χ3v) is 3.68. The molecule has 0 bridgehead atoms. The Labute approximate surface area is 127 Å². The molecule has 118 valence electrons. The highest BCUT2D eigenvalue weighted by Crippen LogP contribution is 2.25. The number of unbranched alkanes of at least 4 members (excludes halogenated alkanes) is 7. The highest BCUT2D eigenvalue weighted by molar-refractivity contribution is 6.02. The Kier molecular flexibility index (Phi) is 8.32. The van der Waals surface area contributed by atoms with Crippen molar-refractivity contribution in [3.05, 3.63) is 23.8 Å². The summed E-state index contributed by atoms with van der Waals surface area (Å²) in [6, 6.07) is 4.31. The lowest BCUT2D eigenvalue weighted by atomic mass is 10.0. The van der Waals surface area contributed by atoms with Crippen LogP contribution in [-0.4, -0.2) is 21.1 Å². The van der Waals surface area contributed by atoms with Gasteiger partial charge >= 0.3 is 0 Å². The van der Waals surface area contributed by atoms with Gasteiger partial charge < -0.3 is 15.4 Å². The van der Waals surface area contributed by atoms with Crippen molar-refractivity contribution >= 4 is 5.71 Å². The Morgan fingerprint density at radius 1 is 0.952 bits per heavy atom. The summed E-state index contributed by atoms with van der Waals surface area (Å²) >= 11 is 0. The minimum absolute atomic E-state index is 0.000573. The molecule has 1 rings (SSSR count). The Balaban J connectivity index is 2.29. The van der Waals surface area contributed by atoms with Crippen LogP contribution in [0.2, 0.25) is 0 Å². The lowest BCUT2D eigenvalue weighted by molar-refractivity contribution is 0.317. The third-order valence-electron chi connectivity index (χ3n) is 3.68. The summed E-state index contributed by atoms with van der Waals surface area (Å²) in [5.41, 5.74) is 0.955. The molecule has 0 radical (unpaired) electrons. The molecule has 0 unspecified atom stereocenters. The Hall–Kier alpha value is -1.71. The number of hydrogen-bond acceptors (Lipinski definition) is 4. The van der Waals surface area contributed by atoms with Crippen LogP contribution in [-0.2, 0) is 0 Å². The zero-order valence-corrected chi connectivity index (χ0v) is 12.9. The van der Waals surface area contributed by atoms with Gasteiger partial charge in [0.05, 0.1) is 5.71 Å². The molecule has 0 aromatic heterocycles. The van der Waals surface area contributed by atoms with Crippen molar-refractivity contribution in [3.8, 4) is 11.5 Å². The predicted molar refractivity (Wildman–Crippen MR) is 85.3 cm³/mol. The smallest absolute Gasteiger partial charge is 0.128 e. The molecule has 0 aliphatic heterocycles. The van der Waals surface area contributed by atoms with Gasteiger partial charge in [0.15, 0.2) is 0 Å². The van der Waals surface area contributed by atoms with E-state index in [-0.39, 0.29) is 11.5 Å². The zero-order valence-electron chi connectivity index (χ0n) is 12.9. The first-order chi connectivity index (χ1) is 10.2. The van der Waals surface area contributed by atoms with Gasteiger partial charge in [-0.15, -0.1) is 0 Å². The summed E-state index contributed by atoms with van der Waals surface area (Å²) in [7, 11) is 0. The van der Waals surface area contributed by atoms with Crippen LogP contribution in [0.15, 0.2) is 23.4 Å². The third kappa shape index (κ3) is 6.52. The van der Waals surface area contributed by atoms with Crippen LogP contribution in [0.5, 0.6) is 11.5 Å². The summed E-state index contributed by atoms with van der Waals surface area (Å²) in [6.45, 7) is 2.22. The number of benzene rings is 1. The predicted octanol–water partition coefficient (Wildman–Crippen LogP) is 4.81. The molecule has 0 saturated carbocycles. The Morgan fingerprint density at radius 3 is 2.14 bits per heavy atom. The number of nitrogens with zero attached hydrogens (tertiary/aromatic N) is 1. The molecule has 0 fully saturated rings. The van der Waals surface area contributed by atoms with Crippen LogP contribution in [0, 0.1) is 0 Å². The van der Waals surface area contributed by atoms with Crippen molar-refractivity contribution in [1.29, 1.82) is 0 Å². The number of rotatable bonds is 10. The number of phenolic OH excluding ortho intramolecular Hbond substituents is 2. The summed E-state index contributed by atoms with van der Waals surface area (Å²) < 4.78 is 0. The minimum Gasteiger partial charge on any atom is -0.508 e. The average molecular weight is 293 g/mol. The van der Waals surface area contributed by atoms with E-state index in [4.69, 9.17) is 5.21 Å². The summed E-state index contributed by atoms with van der Waals surface area (Å²) in [6.07, 6.45) is 10.3. The van der Waals surface area contributed by atoms with E-state index in [9.17, 15) is 10.2 Å². The first-order valence-corrected chi connectivity index (χ1v) is 7.92. The second kappa shape index (κ2) is 10.1. The first kappa shape index (κ1) is 17.3. The Bertz CT molecular complexity index is 444. The van der Waals surface area contributed by atoms with Crippen LogP contribution in [0.1, 0.15) is 70.3 Å². The molecule has 0 saturated heterocycles. The molecule has 0 amide bonds. The molecule has 0 atom stereocenters. The second-order valence-electron chi connectivity index (χ2n) is 5.47. The lowest BCUT2D eigenvalue weighted by Gasteiger charge is -2.07. The van der Waals surface area contributed by atoms with Gasteiger partial charge in [0, 0.05) is 11.6 Å². The molecule has 21 heavy (non-hydrogen) atoms. The highest BCUT2D eigenvalue weighted by Gasteiger charge is 2.10. The van der Waals surface area contributed by atoms with E-state index in [0.717, 1.165) is 12.8 Å². The monoisotopic (exact) mass is 293 g/mol. The minimum atomic E-state index is -0.0534. The van der Waals surface area contributed by atoms with Crippen LogP contribution in [0.4, 0.5) is 0 Å². The normalized spacial score (nSPS) is 11.8. The van der Waals surface area contributed by atoms with Crippen molar-refractivity contribution < 1.29 is 15.4 Å². The number of aromatic hydroxyl groups is 2. The van der Waals surface area contributed by atoms with Gasteiger partial charge in [-0.3, -0.25) is 0 Å². The largest absolute Gasteiger partial charge is 0.508 e. The fourth-order valence-corrected chi connectivity index (χ4v) is 2.43. The summed E-state index contributed by atoms with van der Waals surface area (Å²) in [5.74, 6) is -0.0528.